The summed E-state index contributed by atoms with van der Waals surface area (Å²) in [6.07, 6.45) is 4.32. The average Bonchev–Trinajstić information content (AvgIpc) is 2.99. The van der Waals surface area contributed by atoms with Crippen molar-refractivity contribution in [3.8, 4) is 0 Å². The number of hydrogen-bond donors (Lipinski definition) is 0. The van der Waals surface area contributed by atoms with Crippen LogP contribution in [0.5, 0.6) is 0 Å². The fourth-order valence-electron chi connectivity index (χ4n) is 6.95. The molecule has 3 saturated heterocycles. The summed E-state index contributed by atoms with van der Waals surface area (Å²) in [6.45, 7) is 11.4. The van der Waals surface area contributed by atoms with Crippen molar-refractivity contribution in [3.63, 3.8) is 0 Å². The lowest BCUT2D eigenvalue weighted by atomic mass is 9.59. The van der Waals surface area contributed by atoms with Crippen LogP contribution in [-0.2, 0) is 23.7 Å². The van der Waals surface area contributed by atoms with Crippen molar-refractivity contribution >= 4 is 5.97 Å². The quantitative estimate of drug-likeness (QED) is 0.666. The van der Waals surface area contributed by atoms with Crippen LogP contribution in [-0.4, -0.2) is 49.7 Å². The Morgan fingerprint density at radius 1 is 1.07 bits per heavy atom. The molecule has 11 atom stereocenters. The van der Waals surface area contributed by atoms with Gasteiger partial charge in [-0.2, -0.15) is 0 Å². The van der Waals surface area contributed by atoms with Gasteiger partial charge in [0.05, 0.1) is 30.5 Å². The molecule has 3 aliphatic heterocycles. The second-order valence-corrected chi connectivity index (χ2v) is 10.3. The maximum absolute atomic E-state index is 11.9. The van der Waals surface area contributed by atoms with Gasteiger partial charge in [0.1, 0.15) is 6.10 Å². The second kappa shape index (κ2) is 7.55. The van der Waals surface area contributed by atoms with Crippen LogP contribution in [0.15, 0.2) is 0 Å². The van der Waals surface area contributed by atoms with Crippen LogP contribution in [0.3, 0.4) is 0 Å². The molecular formula is C23H38O5. The Morgan fingerprint density at radius 3 is 2.50 bits per heavy atom. The average molecular weight is 395 g/mol. The highest BCUT2D eigenvalue weighted by molar-refractivity contribution is 5.66. The summed E-state index contributed by atoms with van der Waals surface area (Å²) < 4.78 is 25.3. The van der Waals surface area contributed by atoms with Gasteiger partial charge in [-0.25, -0.2) is 0 Å². The molecule has 160 valence electrons. The Labute approximate surface area is 169 Å². The smallest absolute Gasteiger partial charge is 0.302 e. The second-order valence-electron chi connectivity index (χ2n) is 10.3. The molecule has 0 aromatic carbocycles. The van der Waals surface area contributed by atoms with E-state index in [-0.39, 0.29) is 41.9 Å². The van der Waals surface area contributed by atoms with Crippen LogP contribution >= 0.6 is 0 Å². The minimum absolute atomic E-state index is 0.0593. The largest absolute Gasteiger partial charge is 0.462 e. The Morgan fingerprint density at radius 2 is 1.82 bits per heavy atom. The van der Waals surface area contributed by atoms with E-state index in [1.54, 1.807) is 0 Å². The lowest BCUT2D eigenvalue weighted by Crippen LogP contribution is -2.52. The Bertz CT molecular complexity index is 594. The van der Waals surface area contributed by atoms with Gasteiger partial charge in [0.15, 0.2) is 0 Å². The summed E-state index contributed by atoms with van der Waals surface area (Å²) in [5, 5.41) is 0. The highest BCUT2D eigenvalue weighted by Gasteiger charge is 2.63. The van der Waals surface area contributed by atoms with Gasteiger partial charge >= 0.3 is 5.97 Å². The van der Waals surface area contributed by atoms with E-state index in [0.29, 0.717) is 29.6 Å². The van der Waals surface area contributed by atoms with Crippen LogP contribution in [0.25, 0.3) is 0 Å². The third kappa shape index (κ3) is 3.31. The Kier molecular flexibility index (Phi) is 5.56. The topological polar surface area (TPSA) is 54.0 Å². The molecule has 2 bridgehead atoms. The van der Waals surface area contributed by atoms with Gasteiger partial charge in [0.2, 0.25) is 0 Å². The molecule has 1 saturated carbocycles. The summed E-state index contributed by atoms with van der Waals surface area (Å²) in [7, 11) is 1.82. The molecule has 4 aliphatic rings. The predicted octanol–water partition coefficient (Wildman–Crippen LogP) is 3.83. The monoisotopic (exact) mass is 394 g/mol. The number of carbonyl (C=O) groups is 1. The number of hydrogen-bond acceptors (Lipinski definition) is 5. The number of esters is 1. The molecule has 28 heavy (non-hydrogen) atoms. The van der Waals surface area contributed by atoms with Crippen LogP contribution in [0.4, 0.5) is 0 Å². The van der Waals surface area contributed by atoms with Gasteiger partial charge < -0.3 is 18.9 Å². The molecule has 4 rings (SSSR count). The first-order valence-electron chi connectivity index (χ1n) is 11.2. The zero-order chi connectivity index (χ0) is 20.2. The van der Waals surface area contributed by atoms with Crippen LogP contribution in [0.2, 0.25) is 0 Å². The predicted molar refractivity (Wildman–Crippen MR) is 106 cm³/mol. The molecule has 1 aliphatic carbocycles. The number of ether oxygens (including phenoxy) is 4. The van der Waals surface area contributed by atoms with Crippen molar-refractivity contribution in [3.05, 3.63) is 0 Å². The van der Waals surface area contributed by atoms with E-state index in [2.05, 4.69) is 27.7 Å². The Balaban J connectivity index is 1.77. The third-order valence-corrected chi connectivity index (χ3v) is 8.40. The SMILES string of the molecule is CO[C@@H]1CC[C@]2(C)OC[C@@H](C)[C@@H]3C[C@@H](C)[C@@H](OC(C)=O)[C@H]4[C@H]3[C@@H]2O[C@H]4C[C@H]1C. The van der Waals surface area contributed by atoms with Gasteiger partial charge in [0, 0.05) is 20.0 Å². The van der Waals surface area contributed by atoms with E-state index in [9.17, 15) is 4.79 Å². The summed E-state index contributed by atoms with van der Waals surface area (Å²) in [6, 6.07) is 0. The van der Waals surface area contributed by atoms with E-state index in [1.807, 2.05) is 7.11 Å². The number of carbonyl (C=O) groups excluding carboxylic acids is 1. The highest BCUT2D eigenvalue weighted by atomic mass is 16.6. The number of fused-ring (bicyclic) bond motifs is 2. The van der Waals surface area contributed by atoms with Crippen molar-refractivity contribution < 1.29 is 23.7 Å². The first kappa shape index (κ1) is 20.6. The zero-order valence-corrected chi connectivity index (χ0v) is 18.4. The summed E-state index contributed by atoms with van der Waals surface area (Å²) in [5.41, 5.74) is -0.303. The molecular weight excluding hydrogens is 356 g/mol. The molecule has 0 unspecified atom stereocenters. The molecule has 5 heteroatoms. The van der Waals surface area contributed by atoms with Gasteiger partial charge in [-0.3, -0.25) is 4.79 Å². The maximum atomic E-state index is 11.9. The van der Waals surface area contributed by atoms with Crippen molar-refractivity contribution in [2.75, 3.05) is 13.7 Å². The molecule has 5 nitrogen and oxygen atoms in total. The molecule has 0 aromatic rings. The van der Waals surface area contributed by atoms with Crippen molar-refractivity contribution in [2.24, 2.45) is 35.5 Å². The molecule has 0 spiro atoms. The lowest BCUT2D eigenvalue weighted by Gasteiger charge is -2.47. The normalized spacial score (nSPS) is 53.5. The fraction of sp³-hybridized carbons (Fsp3) is 0.957. The van der Waals surface area contributed by atoms with Crippen molar-refractivity contribution in [1.82, 2.24) is 0 Å². The first-order chi connectivity index (χ1) is 13.2. The fourth-order valence-corrected chi connectivity index (χ4v) is 6.95. The highest BCUT2D eigenvalue weighted by Crippen LogP contribution is 2.57. The van der Waals surface area contributed by atoms with E-state index in [4.69, 9.17) is 18.9 Å². The van der Waals surface area contributed by atoms with E-state index in [1.165, 1.54) is 6.92 Å². The summed E-state index contributed by atoms with van der Waals surface area (Å²) >= 11 is 0. The zero-order valence-electron chi connectivity index (χ0n) is 18.4. The molecule has 0 aromatic heterocycles. The molecule has 0 radical (unpaired) electrons. The Hall–Kier alpha value is -0.650. The van der Waals surface area contributed by atoms with Gasteiger partial charge in [0.25, 0.3) is 0 Å². The van der Waals surface area contributed by atoms with Crippen LogP contribution in [0, 0.1) is 35.5 Å². The van der Waals surface area contributed by atoms with Crippen LogP contribution in [0.1, 0.15) is 60.3 Å². The number of methoxy groups -OCH3 is 1. The minimum atomic E-state index is -0.303. The molecule has 3 heterocycles. The summed E-state index contributed by atoms with van der Waals surface area (Å²) in [4.78, 5) is 11.9. The minimum Gasteiger partial charge on any atom is -0.462 e. The van der Waals surface area contributed by atoms with Crippen molar-refractivity contribution in [1.29, 1.82) is 0 Å². The molecule has 0 N–H and O–H groups in total. The molecule has 4 fully saturated rings. The third-order valence-electron chi connectivity index (χ3n) is 8.40. The lowest BCUT2D eigenvalue weighted by molar-refractivity contribution is -0.160. The van der Waals surface area contributed by atoms with Crippen molar-refractivity contribution in [2.45, 2.75) is 90.3 Å². The van der Waals surface area contributed by atoms with Gasteiger partial charge in [-0.1, -0.05) is 20.8 Å². The number of rotatable bonds is 2. The maximum Gasteiger partial charge on any atom is 0.302 e. The van der Waals surface area contributed by atoms with Crippen LogP contribution < -0.4 is 0 Å². The van der Waals surface area contributed by atoms with E-state index in [0.717, 1.165) is 32.3 Å². The van der Waals surface area contributed by atoms with E-state index < -0.39 is 0 Å². The van der Waals surface area contributed by atoms with Gasteiger partial charge in [-0.15, -0.1) is 0 Å². The van der Waals surface area contributed by atoms with E-state index >= 15 is 0 Å². The summed E-state index contributed by atoms with van der Waals surface area (Å²) in [5.74, 6) is 2.30. The van der Waals surface area contributed by atoms with Gasteiger partial charge in [-0.05, 0) is 62.2 Å². The molecule has 0 amide bonds. The standard InChI is InChI=1S/C23H38O5/c1-12-10-18-20-19-16(9-13(2)21(20)27-15(4)24)14(3)11-26-23(5,22(19)28-18)8-7-17(12)25-6/h12-14,16-22H,7-11H2,1-6H3/t12-,13-,14-,16+,17-,18+,19+,20-,21-,22+,23+/m1/s1. The first-order valence-corrected chi connectivity index (χ1v) is 11.2.